The van der Waals surface area contributed by atoms with Crippen LogP contribution in [0.1, 0.15) is 23.2 Å². The Labute approximate surface area is 111 Å². The molecule has 0 unspecified atom stereocenters. The van der Waals surface area contributed by atoms with Crippen molar-refractivity contribution in [1.82, 2.24) is 5.32 Å². The Kier molecular flexibility index (Phi) is 5.81. The highest BCUT2D eigenvalue weighted by Crippen LogP contribution is 2.22. The van der Waals surface area contributed by atoms with Crippen molar-refractivity contribution in [2.24, 2.45) is 0 Å². The molecule has 0 bridgehead atoms. The Morgan fingerprint density at radius 1 is 1.37 bits per heavy atom. The monoisotopic (exact) mass is 266 g/mol. The van der Waals surface area contributed by atoms with Gasteiger partial charge in [-0.3, -0.25) is 4.79 Å². The first-order chi connectivity index (χ1) is 9.08. The minimum atomic E-state index is -1.11. The summed E-state index contributed by atoms with van der Waals surface area (Å²) in [6, 6.07) is 4.51. The van der Waals surface area contributed by atoms with Crippen LogP contribution in [0.25, 0.3) is 0 Å². The molecule has 0 heterocycles. The molecule has 1 amide bonds. The van der Waals surface area contributed by atoms with Gasteiger partial charge in [-0.15, -0.1) is 0 Å². The highest BCUT2D eigenvalue weighted by atomic mass is 16.5. The second-order valence-corrected chi connectivity index (χ2v) is 3.97. The Bertz CT molecular complexity index is 460. The van der Waals surface area contributed by atoms with Gasteiger partial charge in [-0.1, -0.05) is 0 Å². The molecule has 0 aliphatic rings. The van der Waals surface area contributed by atoms with Crippen LogP contribution in [0.4, 0.5) is 5.69 Å². The third-order valence-corrected chi connectivity index (χ3v) is 2.56. The summed E-state index contributed by atoms with van der Waals surface area (Å²) >= 11 is 0. The molecule has 104 valence electrons. The molecule has 0 spiro atoms. The number of ether oxygens (including phenoxy) is 1. The number of rotatable bonds is 7. The van der Waals surface area contributed by atoms with E-state index >= 15 is 0 Å². The van der Waals surface area contributed by atoms with Crippen LogP contribution in [-0.4, -0.2) is 37.7 Å². The lowest BCUT2D eigenvalue weighted by Gasteiger charge is -2.10. The van der Waals surface area contributed by atoms with E-state index in [9.17, 15) is 9.59 Å². The van der Waals surface area contributed by atoms with Crippen LogP contribution >= 0.6 is 0 Å². The van der Waals surface area contributed by atoms with Gasteiger partial charge in [0.05, 0.1) is 18.4 Å². The normalized spacial score (nSPS) is 10.0. The van der Waals surface area contributed by atoms with Crippen LogP contribution in [0, 0.1) is 0 Å². The van der Waals surface area contributed by atoms with Crippen LogP contribution in [0.2, 0.25) is 0 Å². The maximum absolute atomic E-state index is 11.7. The first-order valence-corrected chi connectivity index (χ1v) is 5.94. The molecule has 0 radical (unpaired) electrons. The number of carboxylic acid groups (broad SMARTS) is 1. The number of nitrogens with one attached hydrogen (secondary N) is 2. The Hall–Kier alpha value is -2.08. The predicted octanol–water partition coefficient (Wildman–Crippen LogP) is 1.33. The van der Waals surface area contributed by atoms with E-state index in [-0.39, 0.29) is 17.2 Å². The molecular weight excluding hydrogens is 248 g/mol. The lowest BCUT2D eigenvalue weighted by Crippen LogP contribution is -2.17. The molecule has 0 aromatic heterocycles. The fourth-order valence-corrected chi connectivity index (χ4v) is 1.57. The number of hydrogen-bond acceptors (Lipinski definition) is 4. The summed E-state index contributed by atoms with van der Waals surface area (Å²) in [4.78, 5) is 22.8. The molecule has 1 aromatic rings. The number of carbonyl (C=O) groups is 2. The van der Waals surface area contributed by atoms with Gasteiger partial charge in [0.15, 0.2) is 0 Å². The Balaban J connectivity index is 2.77. The molecule has 0 atom stereocenters. The number of anilines is 1. The average Bonchev–Trinajstić information content (AvgIpc) is 2.39. The Morgan fingerprint density at radius 3 is 2.68 bits per heavy atom. The third kappa shape index (κ3) is 4.59. The fourth-order valence-electron chi connectivity index (χ4n) is 1.57. The summed E-state index contributed by atoms with van der Waals surface area (Å²) in [5.74, 6) is -0.877. The molecule has 19 heavy (non-hydrogen) atoms. The van der Waals surface area contributed by atoms with Gasteiger partial charge in [-0.25, -0.2) is 4.79 Å². The second-order valence-electron chi connectivity index (χ2n) is 3.97. The van der Waals surface area contributed by atoms with Crippen LogP contribution in [0.5, 0.6) is 5.75 Å². The Morgan fingerprint density at radius 2 is 2.11 bits per heavy atom. The molecular formula is C13H18N2O4. The molecule has 0 fully saturated rings. The average molecular weight is 266 g/mol. The zero-order valence-corrected chi connectivity index (χ0v) is 11.0. The van der Waals surface area contributed by atoms with Crippen molar-refractivity contribution >= 4 is 17.6 Å². The van der Waals surface area contributed by atoms with E-state index in [1.807, 2.05) is 7.05 Å². The molecule has 0 saturated heterocycles. The van der Waals surface area contributed by atoms with E-state index in [4.69, 9.17) is 9.84 Å². The number of methoxy groups -OCH3 is 1. The quantitative estimate of drug-likeness (QED) is 0.648. The molecule has 0 aliphatic heterocycles. The zero-order valence-electron chi connectivity index (χ0n) is 11.0. The van der Waals surface area contributed by atoms with Gasteiger partial charge in [0.25, 0.3) is 0 Å². The lowest BCUT2D eigenvalue weighted by atomic mass is 10.1. The summed E-state index contributed by atoms with van der Waals surface area (Å²) in [6.45, 7) is 0.738. The molecule has 6 heteroatoms. The number of aromatic carboxylic acids is 1. The van der Waals surface area contributed by atoms with Crippen LogP contribution in [0.15, 0.2) is 18.2 Å². The molecule has 3 N–H and O–H groups in total. The SMILES string of the molecule is CNCCCC(=O)Nc1ccc(OC)cc1C(=O)O. The summed E-state index contributed by atoms with van der Waals surface area (Å²) in [6.07, 6.45) is 1.03. The van der Waals surface area contributed by atoms with E-state index in [2.05, 4.69) is 10.6 Å². The summed E-state index contributed by atoms with van der Waals surface area (Å²) in [5.41, 5.74) is 0.295. The van der Waals surface area contributed by atoms with Gasteiger partial charge in [0.1, 0.15) is 5.75 Å². The minimum absolute atomic E-state index is 0.0151. The second kappa shape index (κ2) is 7.38. The maximum atomic E-state index is 11.7. The number of benzene rings is 1. The van der Waals surface area contributed by atoms with E-state index in [1.54, 1.807) is 6.07 Å². The smallest absolute Gasteiger partial charge is 0.337 e. The van der Waals surface area contributed by atoms with Crippen molar-refractivity contribution in [1.29, 1.82) is 0 Å². The van der Waals surface area contributed by atoms with E-state index in [1.165, 1.54) is 19.2 Å². The van der Waals surface area contributed by atoms with Crippen LogP contribution < -0.4 is 15.4 Å². The van der Waals surface area contributed by atoms with Crippen LogP contribution in [0.3, 0.4) is 0 Å². The van der Waals surface area contributed by atoms with Gasteiger partial charge < -0.3 is 20.5 Å². The third-order valence-electron chi connectivity index (χ3n) is 2.56. The number of amides is 1. The maximum Gasteiger partial charge on any atom is 0.337 e. The zero-order chi connectivity index (χ0) is 14.3. The van der Waals surface area contributed by atoms with Crippen molar-refractivity contribution in [3.05, 3.63) is 23.8 Å². The van der Waals surface area contributed by atoms with Gasteiger partial charge in [0, 0.05) is 6.42 Å². The standard InChI is InChI=1S/C13H18N2O4/c1-14-7-3-4-12(16)15-11-6-5-9(19-2)8-10(11)13(17)18/h5-6,8,14H,3-4,7H2,1-2H3,(H,15,16)(H,17,18). The predicted molar refractivity (Wildman–Crippen MR) is 71.7 cm³/mol. The highest BCUT2D eigenvalue weighted by Gasteiger charge is 2.13. The topological polar surface area (TPSA) is 87.7 Å². The minimum Gasteiger partial charge on any atom is -0.497 e. The largest absolute Gasteiger partial charge is 0.497 e. The number of carbonyl (C=O) groups excluding carboxylic acids is 1. The van der Waals surface area contributed by atoms with E-state index in [0.29, 0.717) is 18.6 Å². The molecule has 1 rings (SSSR count). The van der Waals surface area contributed by atoms with Crippen molar-refractivity contribution in [3.8, 4) is 5.75 Å². The van der Waals surface area contributed by atoms with Crippen molar-refractivity contribution < 1.29 is 19.4 Å². The van der Waals surface area contributed by atoms with Crippen molar-refractivity contribution in [3.63, 3.8) is 0 Å². The summed E-state index contributed by atoms with van der Waals surface area (Å²) in [5, 5.41) is 14.6. The molecule has 6 nitrogen and oxygen atoms in total. The van der Waals surface area contributed by atoms with Gasteiger partial charge in [-0.05, 0) is 38.2 Å². The first kappa shape index (κ1) is 15.0. The van der Waals surface area contributed by atoms with Gasteiger partial charge in [0.2, 0.25) is 5.91 Å². The van der Waals surface area contributed by atoms with E-state index < -0.39 is 5.97 Å². The van der Waals surface area contributed by atoms with Crippen LogP contribution in [-0.2, 0) is 4.79 Å². The van der Waals surface area contributed by atoms with Crippen molar-refractivity contribution in [2.75, 3.05) is 26.0 Å². The molecule has 0 saturated carbocycles. The number of carboxylic acids is 1. The first-order valence-electron chi connectivity index (χ1n) is 5.94. The number of hydrogen-bond donors (Lipinski definition) is 3. The van der Waals surface area contributed by atoms with Gasteiger partial charge in [-0.2, -0.15) is 0 Å². The lowest BCUT2D eigenvalue weighted by molar-refractivity contribution is -0.116. The summed E-state index contributed by atoms with van der Waals surface area (Å²) < 4.78 is 4.96. The molecule has 0 aliphatic carbocycles. The fraction of sp³-hybridized carbons (Fsp3) is 0.385. The summed E-state index contributed by atoms with van der Waals surface area (Å²) in [7, 11) is 3.26. The van der Waals surface area contributed by atoms with Crippen molar-refractivity contribution in [2.45, 2.75) is 12.8 Å². The van der Waals surface area contributed by atoms with Gasteiger partial charge >= 0.3 is 5.97 Å². The highest BCUT2D eigenvalue weighted by molar-refractivity contribution is 6.00. The molecule has 1 aromatic carbocycles. The van der Waals surface area contributed by atoms with E-state index in [0.717, 1.165) is 6.54 Å².